The highest BCUT2D eigenvalue weighted by atomic mass is 35.5. The van der Waals surface area contributed by atoms with Gasteiger partial charge in [-0.1, -0.05) is 23.2 Å². The number of nitro benzene ring substituents is 1. The minimum atomic E-state index is -0.844. The summed E-state index contributed by atoms with van der Waals surface area (Å²) in [5.74, 6) is -1.86. The number of carbonyl (C=O) groups excluding carboxylic acids is 2. The van der Waals surface area contributed by atoms with E-state index in [9.17, 15) is 24.1 Å². The Bertz CT molecular complexity index is 950. The topological polar surface area (TPSA) is 92.5 Å². The van der Waals surface area contributed by atoms with Crippen LogP contribution in [0.25, 0.3) is 0 Å². The summed E-state index contributed by atoms with van der Waals surface area (Å²) in [6.45, 7) is 0.332. The zero-order valence-electron chi connectivity index (χ0n) is 14.3. The van der Waals surface area contributed by atoms with E-state index in [0.29, 0.717) is 19.4 Å². The van der Waals surface area contributed by atoms with Crippen LogP contribution in [0.4, 0.5) is 15.8 Å². The first-order valence-electron chi connectivity index (χ1n) is 8.28. The average molecular weight is 426 g/mol. The molecule has 0 saturated carbocycles. The maximum absolute atomic E-state index is 13.9. The molecular formula is C18H14Cl2FN3O4. The second kappa shape index (κ2) is 8.12. The summed E-state index contributed by atoms with van der Waals surface area (Å²) in [4.78, 5) is 36.9. The fourth-order valence-electron chi connectivity index (χ4n) is 3.06. The number of amides is 2. The van der Waals surface area contributed by atoms with E-state index in [1.165, 1.54) is 23.1 Å². The molecule has 3 rings (SSSR count). The number of carbonyl (C=O) groups is 2. The number of rotatable bonds is 4. The van der Waals surface area contributed by atoms with Crippen LogP contribution in [-0.4, -0.2) is 34.2 Å². The smallest absolute Gasteiger partial charge is 0.271 e. The van der Waals surface area contributed by atoms with Crippen LogP contribution in [0, 0.1) is 15.9 Å². The molecule has 1 N–H and O–H groups in total. The molecule has 0 radical (unpaired) electrons. The number of nitrogens with zero attached hydrogens (tertiary/aromatic N) is 2. The van der Waals surface area contributed by atoms with Gasteiger partial charge in [0.1, 0.15) is 11.9 Å². The normalized spacial score (nSPS) is 16.1. The highest BCUT2D eigenvalue weighted by Gasteiger charge is 2.35. The average Bonchev–Trinajstić information content (AvgIpc) is 3.11. The molecule has 0 bridgehead atoms. The molecule has 2 aromatic carbocycles. The van der Waals surface area contributed by atoms with Crippen molar-refractivity contribution < 1.29 is 18.9 Å². The molecule has 1 unspecified atom stereocenters. The summed E-state index contributed by atoms with van der Waals surface area (Å²) >= 11 is 11.9. The number of hydrogen-bond acceptors (Lipinski definition) is 4. The molecule has 28 heavy (non-hydrogen) atoms. The highest BCUT2D eigenvalue weighted by molar-refractivity contribution is 6.35. The number of nitro groups is 1. The predicted molar refractivity (Wildman–Crippen MR) is 102 cm³/mol. The Balaban J connectivity index is 1.81. The second-order valence-electron chi connectivity index (χ2n) is 6.23. The maximum Gasteiger partial charge on any atom is 0.271 e. The van der Waals surface area contributed by atoms with E-state index in [0.717, 1.165) is 18.2 Å². The van der Waals surface area contributed by atoms with Gasteiger partial charge in [0.25, 0.3) is 11.6 Å². The van der Waals surface area contributed by atoms with Gasteiger partial charge in [0.05, 0.1) is 10.6 Å². The number of anilines is 1. The first-order chi connectivity index (χ1) is 13.3. The highest BCUT2D eigenvalue weighted by Crippen LogP contribution is 2.26. The Morgan fingerprint density at radius 3 is 2.50 bits per heavy atom. The number of hydrogen-bond donors (Lipinski definition) is 1. The molecule has 1 atom stereocenters. The molecule has 7 nitrogen and oxygen atoms in total. The minimum absolute atomic E-state index is 0.235. The lowest BCUT2D eigenvalue weighted by Gasteiger charge is -2.24. The maximum atomic E-state index is 13.9. The standard InChI is InChI=1S/C18H14Cl2FN3O4/c19-11-6-10(7-12(20)8-11)18(26)23-5-1-2-16(23)17(25)22-15-9-13(24(27)28)3-4-14(15)21/h3-4,6-9,16H,1-2,5H2,(H,22,25). The van der Waals surface area contributed by atoms with Crippen molar-refractivity contribution in [2.24, 2.45) is 0 Å². The van der Waals surface area contributed by atoms with Gasteiger partial charge in [0, 0.05) is 34.3 Å². The van der Waals surface area contributed by atoms with Crippen molar-refractivity contribution in [3.63, 3.8) is 0 Å². The third-order valence-corrected chi connectivity index (χ3v) is 4.78. The van der Waals surface area contributed by atoms with Crippen molar-refractivity contribution in [1.82, 2.24) is 4.90 Å². The molecule has 1 heterocycles. The quantitative estimate of drug-likeness (QED) is 0.584. The van der Waals surface area contributed by atoms with Gasteiger partial charge in [-0.3, -0.25) is 19.7 Å². The van der Waals surface area contributed by atoms with Crippen LogP contribution in [0.3, 0.4) is 0 Å². The molecule has 10 heteroatoms. The molecule has 2 amide bonds. The van der Waals surface area contributed by atoms with E-state index in [2.05, 4.69) is 5.32 Å². The van der Waals surface area contributed by atoms with Gasteiger partial charge in [0.2, 0.25) is 5.91 Å². The Morgan fingerprint density at radius 2 is 1.86 bits per heavy atom. The second-order valence-corrected chi connectivity index (χ2v) is 7.10. The van der Waals surface area contributed by atoms with Crippen molar-refractivity contribution in [3.05, 3.63) is 67.9 Å². The van der Waals surface area contributed by atoms with E-state index in [1.54, 1.807) is 0 Å². The summed E-state index contributed by atoms with van der Waals surface area (Å²) < 4.78 is 13.9. The van der Waals surface area contributed by atoms with Crippen LogP contribution in [0.2, 0.25) is 10.0 Å². The van der Waals surface area contributed by atoms with Gasteiger partial charge in [-0.15, -0.1) is 0 Å². The van der Waals surface area contributed by atoms with E-state index < -0.39 is 28.6 Å². The Morgan fingerprint density at radius 1 is 1.18 bits per heavy atom. The van der Waals surface area contributed by atoms with Gasteiger partial charge in [-0.05, 0) is 37.1 Å². The molecule has 1 aliphatic heterocycles. The first-order valence-corrected chi connectivity index (χ1v) is 9.03. The van der Waals surface area contributed by atoms with E-state index >= 15 is 0 Å². The van der Waals surface area contributed by atoms with Crippen LogP contribution in [-0.2, 0) is 4.79 Å². The van der Waals surface area contributed by atoms with Crippen molar-refractivity contribution in [1.29, 1.82) is 0 Å². The third-order valence-electron chi connectivity index (χ3n) is 4.34. The minimum Gasteiger partial charge on any atom is -0.327 e. The van der Waals surface area contributed by atoms with Crippen LogP contribution < -0.4 is 5.32 Å². The third kappa shape index (κ3) is 4.23. The first kappa shape index (κ1) is 20.0. The summed E-state index contributed by atoms with van der Waals surface area (Å²) in [5.41, 5.74) is -0.437. The van der Waals surface area contributed by atoms with Crippen LogP contribution in [0.5, 0.6) is 0 Å². The molecule has 1 saturated heterocycles. The molecule has 1 fully saturated rings. The zero-order chi connectivity index (χ0) is 20.4. The Kier molecular flexibility index (Phi) is 5.81. The zero-order valence-corrected chi connectivity index (χ0v) is 15.8. The number of likely N-dealkylation sites (tertiary alicyclic amines) is 1. The molecule has 2 aromatic rings. The van der Waals surface area contributed by atoms with Gasteiger partial charge >= 0.3 is 0 Å². The summed E-state index contributed by atoms with van der Waals surface area (Å²) in [5, 5.41) is 13.8. The van der Waals surface area contributed by atoms with E-state index in [1.807, 2.05) is 0 Å². The number of benzene rings is 2. The Hall–Kier alpha value is -2.71. The SMILES string of the molecule is O=C(Nc1cc([N+](=O)[O-])ccc1F)C1CCCN1C(=O)c1cc(Cl)cc(Cl)c1. The van der Waals surface area contributed by atoms with E-state index in [-0.39, 0.29) is 27.0 Å². The lowest BCUT2D eigenvalue weighted by molar-refractivity contribution is -0.384. The fraction of sp³-hybridized carbons (Fsp3) is 0.222. The molecule has 0 aliphatic carbocycles. The molecule has 146 valence electrons. The van der Waals surface area contributed by atoms with Gasteiger partial charge < -0.3 is 10.2 Å². The lowest BCUT2D eigenvalue weighted by Crippen LogP contribution is -2.43. The van der Waals surface area contributed by atoms with Crippen LogP contribution in [0.15, 0.2) is 36.4 Å². The monoisotopic (exact) mass is 425 g/mol. The fourth-order valence-corrected chi connectivity index (χ4v) is 3.59. The van der Waals surface area contributed by atoms with E-state index in [4.69, 9.17) is 23.2 Å². The molecular weight excluding hydrogens is 412 g/mol. The van der Waals surface area contributed by atoms with Gasteiger partial charge in [-0.2, -0.15) is 0 Å². The van der Waals surface area contributed by atoms with Crippen molar-refractivity contribution in [2.75, 3.05) is 11.9 Å². The van der Waals surface area contributed by atoms with Crippen LogP contribution in [0.1, 0.15) is 23.2 Å². The van der Waals surface area contributed by atoms with Crippen molar-refractivity contribution >= 4 is 46.4 Å². The van der Waals surface area contributed by atoms with Crippen molar-refractivity contribution in [3.8, 4) is 0 Å². The largest absolute Gasteiger partial charge is 0.327 e. The Labute approximate surface area is 169 Å². The molecule has 1 aliphatic rings. The lowest BCUT2D eigenvalue weighted by atomic mass is 10.1. The summed E-state index contributed by atoms with van der Waals surface area (Å²) in [6.07, 6.45) is 0.956. The van der Waals surface area contributed by atoms with Gasteiger partial charge in [0.15, 0.2) is 0 Å². The van der Waals surface area contributed by atoms with Gasteiger partial charge in [-0.25, -0.2) is 4.39 Å². The predicted octanol–water partition coefficient (Wildman–Crippen LogP) is 4.28. The number of non-ortho nitro benzene ring substituents is 1. The number of halogens is 3. The van der Waals surface area contributed by atoms with Crippen molar-refractivity contribution in [2.45, 2.75) is 18.9 Å². The number of nitrogens with one attached hydrogen (secondary N) is 1. The summed E-state index contributed by atoms with van der Waals surface area (Å²) in [7, 11) is 0. The van der Waals surface area contributed by atoms with Crippen LogP contribution >= 0.6 is 23.2 Å². The summed E-state index contributed by atoms with van der Waals surface area (Å²) in [6, 6.07) is 6.37. The molecule has 0 spiro atoms. The molecule has 0 aromatic heterocycles.